The summed E-state index contributed by atoms with van der Waals surface area (Å²) in [6.45, 7) is 2.77. The fourth-order valence-corrected chi connectivity index (χ4v) is 4.40. The first-order valence-electron chi connectivity index (χ1n) is 11.1. The minimum atomic E-state index is 0.558. The molecular formula is C26H24N6. The number of hydrogen-bond donors (Lipinski definition) is 0. The number of allylic oxidation sites excluding steroid dienone is 1. The number of rotatable bonds is 4. The number of benzene rings is 1. The van der Waals surface area contributed by atoms with Crippen molar-refractivity contribution in [2.75, 3.05) is 29.6 Å². The maximum Gasteiger partial charge on any atom is 0.137 e. The molecule has 1 saturated heterocycles. The van der Waals surface area contributed by atoms with Crippen molar-refractivity contribution >= 4 is 22.9 Å². The van der Waals surface area contributed by atoms with Gasteiger partial charge in [0.1, 0.15) is 18.1 Å². The van der Waals surface area contributed by atoms with Crippen LogP contribution < -0.4 is 9.80 Å². The zero-order chi connectivity index (χ0) is 21.3. The number of aliphatic imine (C=N–C) groups is 1. The van der Waals surface area contributed by atoms with Gasteiger partial charge in [0.15, 0.2) is 0 Å². The van der Waals surface area contributed by atoms with Gasteiger partial charge in [0, 0.05) is 25.5 Å². The molecule has 6 heteroatoms. The molecule has 158 valence electrons. The molecule has 0 spiro atoms. The van der Waals surface area contributed by atoms with Crippen LogP contribution in [-0.2, 0) is 0 Å². The Morgan fingerprint density at radius 2 is 1.66 bits per heavy atom. The quantitative estimate of drug-likeness (QED) is 0.477. The zero-order valence-corrected chi connectivity index (χ0v) is 17.8. The lowest BCUT2D eigenvalue weighted by Crippen LogP contribution is -2.23. The van der Waals surface area contributed by atoms with Crippen LogP contribution in [0.4, 0.5) is 11.5 Å². The molecule has 0 unspecified atom stereocenters. The van der Waals surface area contributed by atoms with E-state index in [1.54, 1.807) is 0 Å². The van der Waals surface area contributed by atoms with Crippen LogP contribution in [0.1, 0.15) is 18.5 Å². The standard InChI is InChI=1S/C26H24N6/c1-2-6-20(7-3-1)21-8-10-26-28-17-24(32(26)18-21)23-12-15-31(19-29-23)22-9-11-25(27-16-22)30-13-4-5-14-30/h1-3,6-12,15-18H,4-5,13-14,19H2. The third-order valence-corrected chi connectivity index (χ3v) is 6.17. The van der Waals surface area contributed by atoms with E-state index < -0.39 is 0 Å². The highest BCUT2D eigenvalue weighted by Crippen LogP contribution is 2.24. The maximum atomic E-state index is 4.84. The number of aromatic nitrogens is 3. The van der Waals surface area contributed by atoms with Crippen molar-refractivity contribution in [2.24, 2.45) is 4.99 Å². The van der Waals surface area contributed by atoms with Crippen molar-refractivity contribution in [1.29, 1.82) is 0 Å². The normalized spacial score (nSPS) is 16.1. The Balaban J connectivity index is 1.24. The van der Waals surface area contributed by atoms with E-state index in [-0.39, 0.29) is 0 Å². The number of nitrogens with zero attached hydrogens (tertiary/aromatic N) is 6. The number of hydrogen-bond acceptors (Lipinski definition) is 5. The lowest BCUT2D eigenvalue weighted by molar-refractivity contribution is 0.924. The molecule has 3 aromatic heterocycles. The van der Waals surface area contributed by atoms with E-state index in [0.29, 0.717) is 6.67 Å². The van der Waals surface area contributed by atoms with Crippen LogP contribution in [0.3, 0.4) is 0 Å². The van der Waals surface area contributed by atoms with Crippen LogP contribution in [0.15, 0.2) is 90.5 Å². The summed E-state index contributed by atoms with van der Waals surface area (Å²) < 4.78 is 2.12. The van der Waals surface area contributed by atoms with Gasteiger partial charge in [-0.15, -0.1) is 0 Å². The first kappa shape index (κ1) is 18.8. The smallest absolute Gasteiger partial charge is 0.137 e. The SMILES string of the molecule is C1=CN(c2ccc(N3CCCC3)nc2)CN=C1c1cnc2ccc(-c3ccccc3)cn12. The summed E-state index contributed by atoms with van der Waals surface area (Å²) in [6, 6.07) is 18.8. The minimum absolute atomic E-state index is 0.558. The molecule has 6 nitrogen and oxygen atoms in total. The van der Waals surface area contributed by atoms with Gasteiger partial charge in [0.2, 0.25) is 0 Å². The lowest BCUT2D eigenvalue weighted by Gasteiger charge is -2.23. The van der Waals surface area contributed by atoms with Gasteiger partial charge in [-0.05, 0) is 54.3 Å². The molecule has 1 aromatic carbocycles. The van der Waals surface area contributed by atoms with E-state index in [1.807, 2.05) is 18.5 Å². The van der Waals surface area contributed by atoms with E-state index in [1.165, 1.54) is 18.4 Å². The Hall–Kier alpha value is -3.93. The Kier molecular flexibility index (Phi) is 4.68. The predicted octanol–water partition coefficient (Wildman–Crippen LogP) is 4.78. The third-order valence-electron chi connectivity index (χ3n) is 6.17. The van der Waals surface area contributed by atoms with Gasteiger partial charge in [-0.25, -0.2) is 9.97 Å². The molecule has 0 aliphatic carbocycles. The Morgan fingerprint density at radius 1 is 0.781 bits per heavy atom. The molecule has 2 aliphatic rings. The van der Waals surface area contributed by atoms with E-state index in [9.17, 15) is 0 Å². The molecular weight excluding hydrogens is 396 g/mol. The highest BCUT2D eigenvalue weighted by atomic mass is 15.2. The predicted molar refractivity (Wildman–Crippen MR) is 129 cm³/mol. The van der Waals surface area contributed by atoms with Crippen molar-refractivity contribution in [3.63, 3.8) is 0 Å². The van der Waals surface area contributed by atoms with Gasteiger partial charge in [-0.2, -0.15) is 0 Å². The summed E-state index contributed by atoms with van der Waals surface area (Å²) in [5, 5.41) is 0. The average Bonchev–Trinajstić information content (AvgIpc) is 3.55. The second-order valence-corrected chi connectivity index (χ2v) is 8.19. The molecule has 2 aliphatic heterocycles. The van der Waals surface area contributed by atoms with Gasteiger partial charge in [-0.1, -0.05) is 30.3 Å². The van der Waals surface area contributed by atoms with Gasteiger partial charge in [0.05, 0.1) is 29.5 Å². The fraction of sp³-hybridized carbons (Fsp3) is 0.192. The van der Waals surface area contributed by atoms with Gasteiger partial charge < -0.3 is 9.80 Å². The van der Waals surface area contributed by atoms with Crippen LogP contribution in [0.5, 0.6) is 0 Å². The highest BCUT2D eigenvalue weighted by Gasteiger charge is 2.16. The highest BCUT2D eigenvalue weighted by molar-refractivity contribution is 6.08. The molecule has 32 heavy (non-hydrogen) atoms. The molecule has 0 atom stereocenters. The molecule has 4 aromatic rings. The van der Waals surface area contributed by atoms with Crippen LogP contribution in [-0.4, -0.2) is 39.8 Å². The van der Waals surface area contributed by atoms with E-state index >= 15 is 0 Å². The molecule has 6 rings (SSSR count). The number of imidazole rings is 1. The molecule has 5 heterocycles. The van der Waals surface area contributed by atoms with E-state index in [4.69, 9.17) is 4.99 Å². The topological polar surface area (TPSA) is 49.0 Å². The van der Waals surface area contributed by atoms with Crippen molar-refractivity contribution in [3.05, 3.63) is 91.2 Å². The van der Waals surface area contributed by atoms with Crippen molar-refractivity contribution in [3.8, 4) is 11.1 Å². The van der Waals surface area contributed by atoms with Crippen molar-refractivity contribution < 1.29 is 0 Å². The molecule has 0 N–H and O–H groups in total. The van der Waals surface area contributed by atoms with Crippen LogP contribution in [0, 0.1) is 0 Å². The zero-order valence-electron chi connectivity index (χ0n) is 17.8. The lowest BCUT2D eigenvalue weighted by atomic mass is 10.1. The second kappa shape index (κ2) is 7.96. The summed E-state index contributed by atoms with van der Waals surface area (Å²) in [5.74, 6) is 1.07. The van der Waals surface area contributed by atoms with Crippen molar-refractivity contribution in [1.82, 2.24) is 14.4 Å². The first-order valence-corrected chi connectivity index (χ1v) is 11.1. The van der Waals surface area contributed by atoms with Gasteiger partial charge in [-0.3, -0.25) is 9.39 Å². The fourth-order valence-electron chi connectivity index (χ4n) is 4.40. The number of fused-ring (bicyclic) bond motifs is 1. The van der Waals surface area contributed by atoms with Crippen LogP contribution >= 0.6 is 0 Å². The van der Waals surface area contributed by atoms with E-state index in [0.717, 1.165) is 47.2 Å². The maximum absolute atomic E-state index is 4.84. The molecule has 0 radical (unpaired) electrons. The van der Waals surface area contributed by atoms with E-state index in [2.05, 4.69) is 91.2 Å². The monoisotopic (exact) mass is 420 g/mol. The van der Waals surface area contributed by atoms with Gasteiger partial charge in [0.25, 0.3) is 0 Å². The van der Waals surface area contributed by atoms with Crippen LogP contribution in [0.25, 0.3) is 16.8 Å². The number of pyridine rings is 2. The Bertz CT molecular complexity index is 1300. The third kappa shape index (κ3) is 3.43. The largest absolute Gasteiger partial charge is 0.357 e. The van der Waals surface area contributed by atoms with Crippen LogP contribution in [0.2, 0.25) is 0 Å². The second-order valence-electron chi connectivity index (χ2n) is 8.19. The molecule has 0 amide bonds. The number of anilines is 2. The summed E-state index contributed by atoms with van der Waals surface area (Å²) >= 11 is 0. The van der Waals surface area contributed by atoms with Gasteiger partial charge >= 0.3 is 0 Å². The average molecular weight is 421 g/mol. The molecule has 1 fully saturated rings. The summed E-state index contributed by atoms with van der Waals surface area (Å²) in [4.78, 5) is 18.5. The van der Waals surface area contributed by atoms with Crippen molar-refractivity contribution in [2.45, 2.75) is 12.8 Å². The molecule has 0 bridgehead atoms. The molecule has 0 saturated carbocycles. The minimum Gasteiger partial charge on any atom is -0.357 e. The summed E-state index contributed by atoms with van der Waals surface area (Å²) in [5.41, 5.74) is 6.24. The Morgan fingerprint density at radius 3 is 2.41 bits per heavy atom. The Labute approximate surface area is 187 Å². The summed E-state index contributed by atoms with van der Waals surface area (Å²) in [7, 11) is 0. The summed E-state index contributed by atoms with van der Waals surface area (Å²) in [6.07, 6.45) is 12.6. The first-order chi connectivity index (χ1) is 15.8.